The SMILES string of the molecule is CCCC(=O)CCC.CCCCC(=O)CC. The van der Waals surface area contributed by atoms with Crippen molar-refractivity contribution in [3.05, 3.63) is 0 Å². The molecule has 0 aromatic heterocycles. The molecule has 0 N–H and O–H groups in total. The van der Waals surface area contributed by atoms with E-state index >= 15 is 0 Å². The number of carbonyl (C=O) groups is 2. The Balaban J connectivity index is 0. The van der Waals surface area contributed by atoms with Gasteiger partial charge in [-0.05, 0) is 19.3 Å². The molecular formula is C14H28O2. The Kier molecular flexibility index (Phi) is 15.9. The number of rotatable bonds is 8. The average Bonchev–Trinajstić information content (AvgIpc) is 2.27. The molecule has 0 amide bonds. The predicted octanol–water partition coefficient (Wildman–Crippen LogP) is 4.31. The highest BCUT2D eigenvalue weighted by Crippen LogP contribution is 1.96. The molecule has 0 unspecified atom stereocenters. The molecule has 16 heavy (non-hydrogen) atoms. The van der Waals surface area contributed by atoms with E-state index < -0.39 is 0 Å². The van der Waals surface area contributed by atoms with Crippen LogP contribution in [-0.4, -0.2) is 11.6 Å². The van der Waals surface area contributed by atoms with E-state index in [2.05, 4.69) is 6.92 Å². The van der Waals surface area contributed by atoms with Crippen LogP contribution in [0.25, 0.3) is 0 Å². The van der Waals surface area contributed by atoms with Gasteiger partial charge in [-0.25, -0.2) is 0 Å². The predicted molar refractivity (Wildman–Crippen MR) is 69.6 cm³/mol. The van der Waals surface area contributed by atoms with E-state index in [-0.39, 0.29) is 0 Å². The highest BCUT2D eigenvalue weighted by Gasteiger charge is 1.95. The van der Waals surface area contributed by atoms with Gasteiger partial charge < -0.3 is 0 Å². The smallest absolute Gasteiger partial charge is 0.132 e. The maximum Gasteiger partial charge on any atom is 0.132 e. The van der Waals surface area contributed by atoms with Crippen molar-refractivity contribution in [1.29, 1.82) is 0 Å². The molecule has 0 heterocycles. The van der Waals surface area contributed by atoms with Crippen molar-refractivity contribution in [2.75, 3.05) is 0 Å². The molecular weight excluding hydrogens is 200 g/mol. The zero-order chi connectivity index (χ0) is 12.8. The zero-order valence-electron chi connectivity index (χ0n) is 11.5. The van der Waals surface area contributed by atoms with Crippen LogP contribution in [0.2, 0.25) is 0 Å². The van der Waals surface area contributed by atoms with Crippen LogP contribution >= 0.6 is 0 Å². The second-order valence-electron chi connectivity index (χ2n) is 4.03. The average molecular weight is 228 g/mol. The highest BCUT2D eigenvalue weighted by molar-refractivity contribution is 5.78. The Bertz CT molecular complexity index is 166. The zero-order valence-corrected chi connectivity index (χ0v) is 11.5. The molecule has 0 atom stereocenters. The van der Waals surface area contributed by atoms with E-state index in [9.17, 15) is 9.59 Å². The van der Waals surface area contributed by atoms with Gasteiger partial charge in [0.15, 0.2) is 0 Å². The third-order valence-corrected chi connectivity index (χ3v) is 2.26. The van der Waals surface area contributed by atoms with E-state index in [1.165, 1.54) is 0 Å². The van der Waals surface area contributed by atoms with Crippen LogP contribution < -0.4 is 0 Å². The molecule has 0 saturated carbocycles. The number of hydrogen-bond donors (Lipinski definition) is 0. The normalized spacial score (nSPS) is 9.25. The fraction of sp³-hybridized carbons (Fsp3) is 0.857. The minimum Gasteiger partial charge on any atom is -0.300 e. The molecule has 0 aliphatic rings. The Hall–Kier alpha value is -0.660. The van der Waals surface area contributed by atoms with Gasteiger partial charge in [0.2, 0.25) is 0 Å². The van der Waals surface area contributed by atoms with E-state index in [1.807, 2.05) is 20.8 Å². The first-order valence-corrected chi connectivity index (χ1v) is 6.65. The van der Waals surface area contributed by atoms with Gasteiger partial charge >= 0.3 is 0 Å². The molecule has 0 aliphatic carbocycles. The Morgan fingerprint density at radius 3 is 1.50 bits per heavy atom. The molecule has 0 saturated heterocycles. The fourth-order valence-electron chi connectivity index (χ4n) is 1.23. The summed E-state index contributed by atoms with van der Waals surface area (Å²) in [7, 11) is 0. The summed E-state index contributed by atoms with van der Waals surface area (Å²) in [4.78, 5) is 21.2. The maximum absolute atomic E-state index is 10.6. The second kappa shape index (κ2) is 14.3. The van der Waals surface area contributed by atoms with E-state index in [0.29, 0.717) is 18.0 Å². The van der Waals surface area contributed by atoms with Crippen LogP contribution in [0.3, 0.4) is 0 Å². The van der Waals surface area contributed by atoms with Gasteiger partial charge in [-0.3, -0.25) is 9.59 Å². The number of ketones is 2. The molecule has 0 aromatic carbocycles. The molecule has 2 nitrogen and oxygen atoms in total. The lowest BCUT2D eigenvalue weighted by Gasteiger charge is -1.91. The first-order valence-electron chi connectivity index (χ1n) is 6.65. The van der Waals surface area contributed by atoms with Crippen molar-refractivity contribution >= 4 is 11.6 Å². The molecule has 0 bridgehead atoms. The topological polar surface area (TPSA) is 34.1 Å². The van der Waals surface area contributed by atoms with Crippen molar-refractivity contribution in [2.45, 2.75) is 79.1 Å². The third-order valence-electron chi connectivity index (χ3n) is 2.26. The quantitative estimate of drug-likeness (QED) is 0.620. The summed E-state index contributed by atoms with van der Waals surface area (Å²) >= 11 is 0. The van der Waals surface area contributed by atoms with E-state index in [4.69, 9.17) is 0 Å². The van der Waals surface area contributed by atoms with Gasteiger partial charge in [0.25, 0.3) is 0 Å². The van der Waals surface area contributed by atoms with Crippen molar-refractivity contribution in [1.82, 2.24) is 0 Å². The molecule has 0 rings (SSSR count). The van der Waals surface area contributed by atoms with Crippen LogP contribution in [0.5, 0.6) is 0 Å². The lowest BCUT2D eigenvalue weighted by molar-refractivity contribution is -0.119. The van der Waals surface area contributed by atoms with Gasteiger partial charge in [0.05, 0.1) is 0 Å². The standard InChI is InChI=1S/2C7H14O/c1-3-5-6-7(8)4-2;1-3-5-7(8)6-4-2/h2*3-6H2,1-2H3. The Labute approximate surface area is 101 Å². The molecule has 0 aromatic rings. The van der Waals surface area contributed by atoms with Crippen LogP contribution in [0.15, 0.2) is 0 Å². The van der Waals surface area contributed by atoms with Crippen molar-refractivity contribution in [2.24, 2.45) is 0 Å². The lowest BCUT2D eigenvalue weighted by Crippen LogP contribution is -1.93. The van der Waals surface area contributed by atoms with Crippen LogP contribution in [0.4, 0.5) is 0 Å². The minimum absolute atomic E-state index is 0.395. The summed E-state index contributed by atoms with van der Waals surface area (Å²) in [5.41, 5.74) is 0. The molecule has 0 spiro atoms. The Morgan fingerprint density at radius 2 is 1.19 bits per heavy atom. The summed E-state index contributed by atoms with van der Waals surface area (Å²) in [5, 5.41) is 0. The minimum atomic E-state index is 0.395. The summed E-state index contributed by atoms with van der Waals surface area (Å²) in [6.07, 6.45) is 7.23. The van der Waals surface area contributed by atoms with Gasteiger partial charge in [-0.2, -0.15) is 0 Å². The van der Waals surface area contributed by atoms with Gasteiger partial charge in [0, 0.05) is 25.7 Å². The van der Waals surface area contributed by atoms with Gasteiger partial charge in [-0.15, -0.1) is 0 Å². The largest absolute Gasteiger partial charge is 0.300 e. The second-order valence-corrected chi connectivity index (χ2v) is 4.03. The molecule has 0 fully saturated rings. The van der Waals surface area contributed by atoms with E-state index in [0.717, 1.165) is 44.9 Å². The number of carbonyl (C=O) groups excluding carboxylic acids is 2. The Morgan fingerprint density at radius 1 is 0.688 bits per heavy atom. The van der Waals surface area contributed by atoms with Gasteiger partial charge in [0.1, 0.15) is 11.6 Å². The fourth-order valence-corrected chi connectivity index (χ4v) is 1.23. The molecule has 2 heteroatoms. The summed E-state index contributed by atoms with van der Waals surface area (Å²) in [6, 6.07) is 0. The monoisotopic (exact) mass is 228 g/mol. The van der Waals surface area contributed by atoms with E-state index in [1.54, 1.807) is 0 Å². The summed E-state index contributed by atoms with van der Waals surface area (Å²) in [6.45, 7) is 8.09. The lowest BCUT2D eigenvalue weighted by atomic mass is 10.1. The van der Waals surface area contributed by atoms with Crippen LogP contribution in [0, 0.1) is 0 Å². The summed E-state index contributed by atoms with van der Waals surface area (Å²) in [5.74, 6) is 0.807. The van der Waals surface area contributed by atoms with Gasteiger partial charge in [-0.1, -0.05) is 34.1 Å². The first-order chi connectivity index (χ1) is 7.62. The first kappa shape index (κ1) is 17.7. The highest BCUT2D eigenvalue weighted by atomic mass is 16.1. The summed E-state index contributed by atoms with van der Waals surface area (Å²) < 4.78 is 0. The molecule has 0 radical (unpaired) electrons. The molecule has 96 valence electrons. The third kappa shape index (κ3) is 15.8. The molecule has 0 aliphatic heterocycles. The number of Topliss-reactive ketones (excluding diaryl/α,β-unsaturated/α-hetero) is 2. The maximum atomic E-state index is 10.6. The van der Waals surface area contributed by atoms with Crippen molar-refractivity contribution < 1.29 is 9.59 Å². The number of unbranched alkanes of at least 4 members (excludes halogenated alkanes) is 1. The van der Waals surface area contributed by atoms with Crippen molar-refractivity contribution in [3.8, 4) is 0 Å². The number of hydrogen-bond acceptors (Lipinski definition) is 2. The van der Waals surface area contributed by atoms with Crippen LogP contribution in [0.1, 0.15) is 79.1 Å². The van der Waals surface area contributed by atoms with Crippen molar-refractivity contribution in [3.63, 3.8) is 0 Å². The van der Waals surface area contributed by atoms with Crippen LogP contribution in [-0.2, 0) is 9.59 Å².